The van der Waals surface area contributed by atoms with Gasteiger partial charge in [0.15, 0.2) is 0 Å². The number of non-ortho nitro benzene ring substituents is 1. The molecule has 8 heteroatoms. The van der Waals surface area contributed by atoms with E-state index in [2.05, 4.69) is 16.3 Å². The summed E-state index contributed by atoms with van der Waals surface area (Å²) in [6, 6.07) is 16.7. The molecule has 0 N–H and O–H groups in total. The largest absolute Gasteiger partial charge is 0.462 e. The maximum atomic E-state index is 11.2. The molecule has 0 heterocycles. The average molecular weight is 352 g/mol. The van der Waals surface area contributed by atoms with Gasteiger partial charge in [-0.3, -0.25) is 14.9 Å². The number of rotatable bonds is 7. The molecule has 0 aliphatic carbocycles. The highest BCUT2D eigenvalue weighted by Gasteiger charge is 2.32. The number of ether oxygens (including phenoxy) is 1. The second-order valence-electron chi connectivity index (χ2n) is 5.56. The van der Waals surface area contributed by atoms with Crippen molar-refractivity contribution in [3.63, 3.8) is 0 Å². The molecule has 0 saturated heterocycles. The summed E-state index contributed by atoms with van der Waals surface area (Å²) in [6.45, 7) is 1.00. The van der Waals surface area contributed by atoms with Crippen LogP contribution in [-0.2, 0) is 16.0 Å². The molecule has 0 aliphatic rings. The minimum absolute atomic E-state index is 0.0697. The molecule has 0 aliphatic heterocycles. The number of nitro benzene ring substituents is 1. The molecule has 8 nitrogen and oxygen atoms in total. The molecule has 0 saturated carbocycles. The Hall–Kier alpha value is -3.60. The van der Waals surface area contributed by atoms with Crippen molar-refractivity contribution in [1.29, 1.82) is 5.26 Å². The SMILES string of the molecule is CC(=O)OCC(C#N)(Cc1ccccc1)N=Nc1ccc([N+](=O)[O-])cc1. The average Bonchev–Trinajstić information content (AvgIpc) is 2.65. The van der Waals surface area contributed by atoms with E-state index in [0.29, 0.717) is 5.69 Å². The molecule has 2 aromatic carbocycles. The number of nitriles is 1. The lowest BCUT2D eigenvalue weighted by atomic mass is 9.94. The van der Waals surface area contributed by atoms with E-state index in [1.54, 1.807) is 0 Å². The predicted octanol–water partition coefficient (Wildman–Crippen LogP) is 3.75. The van der Waals surface area contributed by atoms with Crippen LogP contribution < -0.4 is 0 Å². The summed E-state index contributed by atoms with van der Waals surface area (Å²) in [5.74, 6) is -0.525. The van der Waals surface area contributed by atoms with Gasteiger partial charge in [-0.25, -0.2) is 0 Å². The molecule has 2 rings (SSSR count). The number of azo groups is 1. The maximum absolute atomic E-state index is 11.2. The van der Waals surface area contributed by atoms with Crippen LogP contribution >= 0.6 is 0 Å². The number of carbonyl (C=O) groups is 1. The Morgan fingerprint density at radius 1 is 1.23 bits per heavy atom. The van der Waals surface area contributed by atoms with Crippen LogP contribution in [0.25, 0.3) is 0 Å². The van der Waals surface area contributed by atoms with E-state index in [0.717, 1.165) is 5.56 Å². The van der Waals surface area contributed by atoms with Crippen molar-refractivity contribution in [3.8, 4) is 6.07 Å². The van der Waals surface area contributed by atoms with E-state index in [9.17, 15) is 20.2 Å². The van der Waals surface area contributed by atoms with Gasteiger partial charge in [-0.2, -0.15) is 15.5 Å². The highest BCUT2D eigenvalue weighted by molar-refractivity contribution is 5.66. The molecule has 2 aromatic rings. The van der Waals surface area contributed by atoms with Gasteiger partial charge in [-0.1, -0.05) is 30.3 Å². The van der Waals surface area contributed by atoms with Gasteiger partial charge in [0.05, 0.1) is 16.7 Å². The lowest BCUT2D eigenvalue weighted by Crippen LogP contribution is -2.34. The van der Waals surface area contributed by atoms with Gasteiger partial charge in [0.2, 0.25) is 5.54 Å². The van der Waals surface area contributed by atoms with E-state index in [4.69, 9.17) is 4.74 Å². The highest BCUT2D eigenvalue weighted by atomic mass is 16.6. The normalized spacial score (nSPS) is 12.9. The smallest absolute Gasteiger partial charge is 0.302 e. The Morgan fingerprint density at radius 2 is 1.88 bits per heavy atom. The number of hydrogen-bond acceptors (Lipinski definition) is 7. The number of hydrogen-bond donors (Lipinski definition) is 0. The molecular weight excluding hydrogens is 336 g/mol. The van der Waals surface area contributed by atoms with Gasteiger partial charge >= 0.3 is 5.97 Å². The van der Waals surface area contributed by atoms with Gasteiger partial charge in [0.1, 0.15) is 6.61 Å². The Morgan fingerprint density at radius 3 is 2.42 bits per heavy atom. The highest BCUT2D eigenvalue weighted by Crippen LogP contribution is 2.24. The Kier molecular flexibility index (Phi) is 6.11. The summed E-state index contributed by atoms with van der Waals surface area (Å²) in [5.41, 5.74) is -0.274. The fraction of sp³-hybridized carbons (Fsp3) is 0.222. The van der Waals surface area contributed by atoms with Crippen LogP contribution in [0.1, 0.15) is 12.5 Å². The van der Waals surface area contributed by atoms with Gasteiger partial charge in [0, 0.05) is 25.5 Å². The molecule has 0 amide bonds. The minimum atomic E-state index is -1.39. The number of nitrogens with zero attached hydrogens (tertiary/aromatic N) is 4. The summed E-state index contributed by atoms with van der Waals surface area (Å²) in [5, 5.41) is 28.5. The van der Waals surface area contributed by atoms with Crippen molar-refractivity contribution in [2.75, 3.05) is 6.61 Å². The number of benzene rings is 2. The molecule has 26 heavy (non-hydrogen) atoms. The standard InChI is InChI=1S/C18H16N4O4/c1-14(23)26-13-18(12-19,11-15-5-3-2-4-6-15)21-20-16-7-9-17(10-8-16)22(24)25/h2-10H,11,13H2,1H3. The summed E-state index contributed by atoms with van der Waals surface area (Å²) >= 11 is 0. The zero-order valence-corrected chi connectivity index (χ0v) is 14.0. The van der Waals surface area contributed by atoms with Crippen molar-refractivity contribution >= 4 is 17.3 Å². The summed E-state index contributed by atoms with van der Waals surface area (Å²) in [4.78, 5) is 21.3. The van der Waals surface area contributed by atoms with Crippen LogP contribution in [0.4, 0.5) is 11.4 Å². The van der Waals surface area contributed by atoms with Crippen LogP contribution in [0, 0.1) is 21.4 Å². The fourth-order valence-corrected chi connectivity index (χ4v) is 2.16. The molecule has 0 fully saturated rings. The van der Waals surface area contributed by atoms with Crippen molar-refractivity contribution in [3.05, 3.63) is 70.3 Å². The third kappa shape index (κ3) is 5.21. The third-order valence-electron chi connectivity index (χ3n) is 3.48. The predicted molar refractivity (Wildman–Crippen MR) is 92.7 cm³/mol. The molecule has 0 bridgehead atoms. The Labute approximate surface area is 149 Å². The summed E-state index contributed by atoms with van der Waals surface area (Å²) in [7, 11) is 0. The second-order valence-corrected chi connectivity index (χ2v) is 5.56. The third-order valence-corrected chi connectivity index (χ3v) is 3.48. The molecule has 1 atom stereocenters. The monoisotopic (exact) mass is 352 g/mol. The van der Waals surface area contributed by atoms with Crippen molar-refractivity contribution in [2.24, 2.45) is 10.2 Å². The molecule has 1 unspecified atom stereocenters. The van der Waals surface area contributed by atoms with E-state index in [-0.39, 0.29) is 18.7 Å². The van der Waals surface area contributed by atoms with Crippen molar-refractivity contribution in [2.45, 2.75) is 18.9 Å². The number of esters is 1. The molecule has 0 spiro atoms. The van der Waals surface area contributed by atoms with Crippen molar-refractivity contribution in [1.82, 2.24) is 0 Å². The van der Waals surface area contributed by atoms with E-state index >= 15 is 0 Å². The first-order valence-electron chi connectivity index (χ1n) is 7.70. The first kappa shape index (κ1) is 18.7. The fourth-order valence-electron chi connectivity index (χ4n) is 2.16. The summed E-state index contributed by atoms with van der Waals surface area (Å²) < 4.78 is 5.00. The van der Waals surface area contributed by atoms with Crippen LogP contribution in [0.15, 0.2) is 64.8 Å². The van der Waals surface area contributed by atoms with Crippen molar-refractivity contribution < 1.29 is 14.5 Å². The Bertz CT molecular complexity index is 844. The molecule has 0 radical (unpaired) electrons. The molecule has 0 aromatic heterocycles. The van der Waals surface area contributed by atoms with Gasteiger partial charge < -0.3 is 4.74 Å². The van der Waals surface area contributed by atoms with Crippen LogP contribution in [0.3, 0.4) is 0 Å². The quantitative estimate of drug-likeness (QED) is 0.325. The lowest BCUT2D eigenvalue weighted by Gasteiger charge is -2.20. The van der Waals surface area contributed by atoms with E-state index < -0.39 is 16.4 Å². The van der Waals surface area contributed by atoms with E-state index in [1.165, 1.54) is 31.2 Å². The number of carbonyl (C=O) groups excluding carboxylic acids is 1. The zero-order chi connectivity index (χ0) is 19.0. The second kappa shape index (κ2) is 8.48. The van der Waals surface area contributed by atoms with Crippen LogP contribution in [0.2, 0.25) is 0 Å². The van der Waals surface area contributed by atoms with Gasteiger partial charge in [0.25, 0.3) is 5.69 Å². The van der Waals surface area contributed by atoms with Crippen LogP contribution in [-0.4, -0.2) is 23.0 Å². The molecular formula is C18H16N4O4. The lowest BCUT2D eigenvalue weighted by molar-refractivity contribution is -0.384. The summed E-state index contributed by atoms with van der Waals surface area (Å²) in [6.07, 6.45) is 0.202. The number of nitro groups is 1. The maximum Gasteiger partial charge on any atom is 0.302 e. The topological polar surface area (TPSA) is 118 Å². The first-order chi connectivity index (χ1) is 12.4. The van der Waals surface area contributed by atoms with Gasteiger partial charge in [-0.05, 0) is 17.7 Å². The Balaban J connectivity index is 2.28. The van der Waals surface area contributed by atoms with E-state index in [1.807, 2.05) is 30.3 Å². The zero-order valence-electron chi connectivity index (χ0n) is 14.0. The van der Waals surface area contributed by atoms with Crippen LogP contribution in [0.5, 0.6) is 0 Å². The first-order valence-corrected chi connectivity index (χ1v) is 7.70. The van der Waals surface area contributed by atoms with Gasteiger partial charge in [-0.15, -0.1) is 0 Å². The molecule has 132 valence electrons. The minimum Gasteiger partial charge on any atom is -0.462 e.